The van der Waals surface area contributed by atoms with E-state index in [2.05, 4.69) is 5.32 Å². The molecule has 0 saturated heterocycles. The lowest BCUT2D eigenvalue weighted by Crippen LogP contribution is -2.30. The van der Waals surface area contributed by atoms with Crippen LogP contribution in [-0.2, 0) is 4.74 Å². The van der Waals surface area contributed by atoms with Gasteiger partial charge in [0.15, 0.2) is 0 Å². The summed E-state index contributed by atoms with van der Waals surface area (Å²) >= 11 is 0. The summed E-state index contributed by atoms with van der Waals surface area (Å²) in [6.07, 6.45) is -1.42. The van der Waals surface area contributed by atoms with Crippen LogP contribution in [0.25, 0.3) is 0 Å². The van der Waals surface area contributed by atoms with Gasteiger partial charge < -0.3 is 25.4 Å². The lowest BCUT2D eigenvalue weighted by Gasteiger charge is -2.12. The van der Waals surface area contributed by atoms with E-state index in [1.165, 1.54) is 0 Å². The first kappa shape index (κ1) is 11.8. The largest absolute Gasteiger partial charge is 0.394 e. The molecule has 0 fully saturated rings. The maximum Gasteiger partial charge on any atom is 0.100 e. The van der Waals surface area contributed by atoms with Gasteiger partial charge in [0.25, 0.3) is 0 Å². The third-order valence-electron chi connectivity index (χ3n) is 1.27. The molecule has 0 bridgehead atoms. The number of likely N-dealkylation sites (N-methyl/N-ethyl adjacent to an activating group) is 1. The molecule has 0 aliphatic carbocycles. The Morgan fingerprint density at radius 3 is 2.33 bits per heavy atom. The van der Waals surface area contributed by atoms with Crippen molar-refractivity contribution in [1.29, 1.82) is 0 Å². The fraction of sp³-hybridized carbons (Fsp3) is 1.00. The van der Waals surface area contributed by atoms with E-state index in [1.807, 2.05) is 0 Å². The molecule has 0 spiro atoms. The van der Waals surface area contributed by atoms with Crippen LogP contribution in [0.4, 0.5) is 0 Å². The van der Waals surface area contributed by atoms with Crippen molar-refractivity contribution in [1.82, 2.24) is 5.32 Å². The molecule has 2 unspecified atom stereocenters. The minimum Gasteiger partial charge on any atom is -0.394 e. The van der Waals surface area contributed by atoms with Crippen LogP contribution in [0.2, 0.25) is 0 Å². The van der Waals surface area contributed by atoms with Gasteiger partial charge in [-0.1, -0.05) is 0 Å². The molecule has 0 aliphatic rings. The Morgan fingerprint density at radius 1 is 1.25 bits per heavy atom. The summed E-state index contributed by atoms with van der Waals surface area (Å²) in [4.78, 5) is 0. The molecule has 5 nitrogen and oxygen atoms in total. The van der Waals surface area contributed by atoms with E-state index in [4.69, 9.17) is 20.1 Å². The van der Waals surface area contributed by atoms with Crippen molar-refractivity contribution >= 4 is 0 Å². The standard InChI is InChI=1S/C7H17NO4/c1-8-2-6(10)4-12-5-7(11)3-9/h6-11H,2-5H2,1H3. The number of hydrogen-bond donors (Lipinski definition) is 4. The first-order valence-corrected chi connectivity index (χ1v) is 3.90. The summed E-state index contributed by atoms with van der Waals surface area (Å²) in [7, 11) is 1.73. The van der Waals surface area contributed by atoms with Crippen molar-refractivity contribution < 1.29 is 20.1 Å². The highest BCUT2D eigenvalue weighted by molar-refractivity contribution is 4.56. The number of nitrogens with one attached hydrogen (secondary N) is 1. The molecular formula is C7H17NO4. The van der Waals surface area contributed by atoms with Crippen LogP contribution < -0.4 is 5.32 Å². The van der Waals surface area contributed by atoms with Crippen molar-refractivity contribution in [3.63, 3.8) is 0 Å². The summed E-state index contributed by atoms with van der Waals surface area (Å²) < 4.78 is 4.90. The first-order chi connectivity index (χ1) is 5.70. The number of aliphatic hydroxyl groups excluding tert-OH is 3. The van der Waals surface area contributed by atoms with Crippen LogP contribution in [0.5, 0.6) is 0 Å². The molecular weight excluding hydrogens is 162 g/mol. The maximum absolute atomic E-state index is 9.10. The Bertz CT molecular complexity index is 101. The van der Waals surface area contributed by atoms with Crippen molar-refractivity contribution in [3.05, 3.63) is 0 Å². The lowest BCUT2D eigenvalue weighted by molar-refractivity contribution is -0.0233. The zero-order chi connectivity index (χ0) is 9.40. The topological polar surface area (TPSA) is 82.0 Å². The van der Waals surface area contributed by atoms with Gasteiger partial charge in [0.2, 0.25) is 0 Å². The van der Waals surface area contributed by atoms with E-state index in [-0.39, 0.29) is 19.8 Å². The quantitative estimate of drug-likeness (QED) is 0.361. The minimum absolute atomic E-state index is 0.0529. The summed E-state index contributed by atoms with van der Waals surface area (Å²) in [6.45, 7) is 0.354. The number of rotatable bonds is 7. The SMILES string of the molecule is CNCC(O)COCC(O)CO. The molecule has 74 valence electrons. The van der Waals surface area contributed by atoms with E-state index >= 15 is 0 Å². The molecule has 0 aromatic heterocycles. The maximum atomic E-state index is 9.10. The first-order valence-electron chi connectivity index (χ1n) is 3.90. The third-order valence-corrected chi connectivity index (χ3v) is 1.27. The summed E-state index contributed by atoms with van der Waals surface area (Å²) in [6, 6.07) is 0. The minimum atomic E-state index is -0.855. The highest BCUT2D eigenvalue weighted by Gasteiger charge is 2.05. The van der Waals surface area contributed by atoms with Gasteiger partial charge in [-0.05, 0) is 7.05 Å². The Hall–Kier alpha value is -0.200. The predicted octanol–water partition coefficient (Wildman–Crippen LogP) is -2.06. The Kier molecular flexibility index (Phi) is 7.33. The van der Waals surface area contributed by atoms with Crippen LogP contribution in [0.3, 0.4) is 0 Å². The molecule has 0 aliphatic heterocycles. The summed E-state index contributed by atoms with van der Waals surface area (Å²) in [5.74, 6) is 0. The van der Waals surface area contributed by atoms with Gasteiger partial charge in [0.05, 0.1) is 25.9 Å². The second-order valence-electron chi connectivity index (χ2n) is 2.59. The van der Waals surface area contributed by atoms with Crippen molar-refractivity contribution in [3.8, 4) is 0 Å². The molecule has 0 saturated carbocycles. The number of hydrogen-bond acceptors (Lipinski definition) is 5. The van der Waals surface area contributed by atoms with Gasteiger partial charge in [-0.2, -0.15) is 0 Å². The van der Waals surface area contributed by atoms with E-state index in [0.717, 1.165) is 0 Å². The van der Waals surface area contributed by atoms with Gasteiger partial charge in [-0.25, -0.2) is 0 Å². The van der Waals surface area contributed by atoms with Crippen LogP contribution >= 0.6 is 0 Å². The van der Waals surface area contributed by atoms with Crippen LogP contribution in [0.1, 0.15) is 0 Å². The fourth-order valence-corrected chi connectivity index (χ4v) is 0.687. The fourth-order valence-electron chi connectivity index (χ4n) is 0.687. The Balaban J connectivity index is 3.18. The van der Waals surface area contributed by atoms with Crippen molar-refractivity contribution in [2.24, 2.45) is 0 Å². The van der Waals surface area contributed by atoms with E-state index in [0.29, 0.717) is 6.54 Å². The van der Waals surface area contributed by atoms with Crippen molar-refractivity contribution in [2.45, 2.75) is 12.2 Å². The van der Waals surface area contributed by atoms with Crippen molar-refractivity contribution in [2.75, 3.05) is 33.4 Å². The molecule has 12 heavy (non-hydrogen) atoms. The predicted molar refractivity (Wildman–Crippen MR) is 43.8 cm³/mol. The van der Waals surface area contributed by atoms with E-state index in [1.54, 1.807) is 7.05 Å². The average Bonchev–Trinajstić information content (AvgIpc) is 2.04. The highest BCUT2D eigenvalue weighted by atomic mass is 16.5. The molecule has 0 rings (SSSR count). The second-order valence-corrected chi connectivity index (χ2v) is 2.59. The molecule has 5 heteroatoms. The van der Waals surface area contributed by atoms with E-state index < -0.39 is 12.2 Å². The highest BCUT2D eigenvalue weighted by Crippen LogP contribution is 1.87. The molecule has 0 aromatic carbocycles. The molecule has 0 radical (unpaired) electrons. The molecule has 0 aromatic rings. The van der Waals surface area contributed by atoms with Crippen LogP contribution in [-0.4, -0.2) is 60.9 Å². The number of ether oxygens (including phenoxy) is 1. The summed E-state index contributed by atoms with van der Waals surface area (Å²) in [5.41, 5.74) is 0. The van der Waals surface area contributed by atoms with Gasteiger partial charge >= 0.3 is 0 Å². The van der Waals surface area contributed by atoms with Gasteiger partial charge in [-0.3, -0.25) is 0 Å². The normalized spacial score (nSPS) is 16.0. The van der Waals surface area contributed by atoms with Gasteiger partial charge in [0, 0.05) is 6.54 Å². The number of aliphatic hydroxyl groups is 3. The Morgan fingerprint density at radius 2 is 1.83 bits per heavy atom. The summed E-state index contributed by atoms with van der Waals surface area (Å²) in [5, 5.41) is 29.1. The van der Waals surface area contributed by atoms with Gasteiger partial charge in [-0.15, -0.1) is 0 Å². The zero-order valence-corrected chi connectivity index (χ0v) is 7.23. The molecule has 2 atom stereocenters. The third kappa shape index (κ3) is 6.51. The van der Waals surface area contributed by atoms with Crippen LogP contribution in [0.15, 0.2) is 0 Å². The van der Waals surface area contributed by atoms with E-state index in [9.17, 15) is 0 Å². The Labute approximate surface area is 72.0 Å². The smallest absolute Gasteiger partial charge is 0.100 e. The average molecular weight is 179 g/mol. The lowest BCUT2D eigenvalue weighted by atomic mass is 10.4. The molecule has 0 heterocycles. The molecule has 4 N–H and O–H groups in total. The molecule has 0 amide bonds. The zero-order valence-electron chi connectivity index (χ0n) is 7.23. The second kappa shape index (κ2) is 7.45. The van der Waals surface area contributed by atoms with Crippen LogP contribution in [0, 0.1) is 0 Å². The van der Waals surface area contributed by atoms with Gasteiger partial charge in [0.1, 0.15) is 6.10 Å². The monoisotopic (exact) mass is 179 g/mol.